The predicted octanol–water partition coefficient (Wildman–Crippen LogP) is -3.53. The fourth-order valence-electron chi connectivity index (χ4n) is 0. The third-order valence-corrected chi connectivity index (χ3v) is 0.412. The molecule has 0 amide bonds. The quantitative estimate of drug-likeness (QED) is 0.212. The van der Waals surface area contributed by atoms with Crippen LogP contribution in [0.3, 0.4) is 0 Å². The molecule has 0 aromatic heterocycles. The fraction of sp³-hybridized carbons (Fsp3) is 0. The Morgan fingerprint density at radius 2 is 1.71 bits per heavy atom. The first kappa shape index (κ1) is 10.4. The van der Waals surface area contributed by atoms with Gasteiger partial charge in [0.05, 0.1) is 0 Å². The van der Waals surface area contributed by atoms with Crippen molar-refractivity contribution < 1.29 is 39.4 Å². The van der Waals surface area contributed by atoms with Crippen LogP contribution in [-0.2, 0) is 9.36 Å². The normalized spacial score (nSPS) is 9.43. The summed E-state index contributed by atoms with van der Waals surface area (Å²) in [5.74, 6) is 0. The number of carbonyl (C=O) groups excluding carboxylic acids is 1. The van der Waals surface area contributed by atoms with Crippen molar-refractivity contribution in [2.75, 3.05) is 0 Å². The summed E-state index contributed by atoms with van der Waals surface area (Å²) in [6.07, 6.45) is 0. The van der Waals surface area contributed by atoms with Gasteiger partial charge in [-0.3, -0.25) is 9.36 Å². The molecule has 4 nitrogen and oxygen atoms in total. The molecule has 0 saturated carbocycles. The van der Waals surface area contributed by atoms with E-state index in [1.165, 1.54) is 0 Å². The molecule has 0 aromatic rings. The summed E-state index contributed by atoms with van der Waals surface area (Å²) in [6, 6.07) is -0.396. The Morgan fingerprint density at radius 1 is 1.57 bits per heavy atom. The van der Waals surface area contributed by atoms with E-state index in [1.807, 2.05) is 0 Å². The van der Waals surface area contributed by atoms with Crippen LogP contribution in [0.2, 0.25) is 0 Å². The van der Waals surface area contributed by atoms with E-state index < -0.39 is 13.6 Å². The van der Waals surface area contributed by atoms with Crippen LogP contribution >= 0.6 is 7.60 Å². The average molecular weight is 118 g/mol. The van der Waals surface area contributed by atoms with Crippen molar-refractivity contribution in [2.45, 2.75) is 0 Å². The predicted molar refractivity (Wildman–Crippen MR) is 19.9 cm³/mol. The molecule has 7 heavy (non-hydrogen) atoms. The molecule has 0 bridgehead atoms. The maximum absolute atomic E-state index is 9.33. The van der Waals surface area contributed by atoms with Gasteiger partial charge in [0.25, 0.3) is 0 Å². The zero-order valence-electron chi connectivity index (χ0n) is 4.74. The number of rotatable bonds is 1. The molecule has 0 unspecified atom stereocenters. The fourth-order valence-corrected chi connectivity index (χ4v) is 0. The SMILES string of the molecule is O=CP(=O)(O)O.[H-].[Li+]. The molecule has 0 aliphatic carbocycles. The Kier molecular flexibility index (Phi) is 5.09. The van der Waals surface area contributed by atoms with Crippen molar-refractivity contribution in [2.24, 2.45) is 0 Å². The van der Waals surface area contributed by atoms with Crippen LogP contribution in [0.1, 0.15) is 1.43 Å². The van der Waals surface area contributed by atoms with Crippen LogP contribution in [-0.4, -0.2) is 15.8 Å². The van der Waals surface area contributed by atoms with Gasteiger partial charge in [-0.1, -0.05) is 0 Å². The molecule has 0 fully saturated rings. The van der Waals surface area contributed by atoms with Gasteiger partial charge in [-0.15, -0.1) is 0 Å². The van der Waals surface area contributed by atoms with Gasteiger partial charge >= 0.3 is 26.5 Å². The van der Waals surface area contributed by atoms with Crippen molar-refractivity contribution in [3.05, 3.63) is 0 Å². The second-order valence-electron chi connectivity index (χ2n) is 0.695. The molecule has 0 aliphatic rings. The van der Waals surface area contributed by atoms with E-state index in [2.05, 4.69) is 0 Å². The Balaban J connectivity index is -0.000000125. The molecule has 0 radical (unpaired) electrons. The third-order valence-electron chi connectivity index (χ3n) is 0.137. The molecule has 38 valence electrons. The minimum atomic E-state index is -4.33. The molecule has 0 saturated heterocycles. The maximum atomic E-state index is 9.33. The molecule has 6 heteroatoms. The van der Waals surface area contributed by atoms with Crippen molar-refractivity contribution in [1.82, 2.24) is 0 Å². The van der Waals surface area contributed by atoms with Gasteiger partial charge in [-0.05, 0) is 0 Å². The molecular weight excluding hydrogens is 114 g/mol. The summed E-state index contributed by atoms with van der Waals surface area (Å²) < 4.78 is 9.33. The summed E-state index contributed by atoms with van der Waals surface area (Å²) in [5.41, 5.74) is 0. The summed E-state index contributed by atoms with van der Waals surface area (Å²) in [7, 11) is -4.33. The van der Waals surface area contributed by atoms with Crippen LogP contribution in [0.5, 0.6) is 0 Å². The molecular formula is CH4LiO4P. The minimum absolute atomic E-state index is 0. The maximum Gasteiger partial charge on any atom is 1.00 e. The van der Waals surface area contributed by atoms with Gasteiger partial charge in [0.2, 0.25) is 6.03 Å². The molecule has 0 heterocycles. The molecule has 0 rings (SSSR count). The van der Waals surface area contributed by atoms with Crippen molar-refractivity contribution in [1.29, 1.82) is 0 Å². The van der Waals surface area contributed by atoms with Crippen LogP contribution in [0.15, 0.2) is 0 Å². The minimum Gasteiger partial charge on any atom is -1.00 e. The van der Waals surface area contributed by atoms with Gasteiger partial charge in [0.15, 0.2) is 0 Å². The zero-order valence-corrected chi connectivity index (χ0v) is 4.63. The van der Waals surface area contributed by atoms with E-state index in [1.54, 1.807) is 0 Å². The van der Waals surface area contributed by atoms with E-state index in [-0.39, 0.29) is 20.3 Å². The number of hydrogen-bond acceptors (Lipinski definition) is 2. The monoisotopic (exact) mass is 118 g/mol. The molecule has 0 spiro atoms. The van der Waals surface area contributed by atoms with E-state index >= 15 is 0 Å². The Morgan fingerprint density at radius 3 is 1.71 bits per heavy atom. The largest absolute Gasteiger partial charge is 1.00 e. The van der Waals surface area contributed by atoms with E-state index in [4.69, 9.17) is 14.6 Å². The zero-order chi connectivity index (χ0) is 5.21. The Hall–Kier alpha value is 0.417. The topological polar surface area (TPSA) is 74.6 Å². The van der Waals surface area contributed by atoms with Gasteiger partial charge in [-0.25, -0.2) is 0 Å². The van der Waals surface area contributed by atoms with Gasteiger partial charge in [-0.2, -0.15) is 0 Å². The summed E-state index contributed by atoms with van der Waals surface area (Å²) in [6.45, 7) is 0. The Labute approximate surface area is 53.7 Å². The summed E-state index contributed by atoms with van der Waals surface area (Å²) >= 11 is 0. The molecule has 0 aromatic carbocycles. The number of carbonyl (C=O) groups is 1. The van der Waals surface area contributed by atoms with Gasteiger partial charge < -0.3 is 11.2 Å². The third kappa shape index (κ3) is 10.7. The average Bonchev–Trinajstić information content (AvgIpc) is 1.35. The van der Waals surface area contributed by atoms with Crippen molar-refractivity contribution >= 4 is 13.6 Å². The van der Waals surface area contributed by atoms with E-state index in [9.17, 15) is 4.57 Å². The molecule has 2 N–H and O–H groups in total. The van der Waals surface area contributed by atoms with Crippen molar-refractivity contribution in [3.63, 3.8) is 0 Å². The molecule has 0 aliphatic heterocycles. The second-order valence-corrected chi connectivity index (χ2v) is 2.08. The standard InChI is InChI=1S/CH3O4P.Li.H/c2-1-6(3,4)5;;/h1H,(H2,3,4,5);;/q;+1;-1. The molecule has 0 atom stereocenters. The summed E-state index contributed by atoms with van der Waals surface area (Å²) in [4.78, 5) is 24.2. The van der Waals surface area contributed by atoms with Crippen LogP contribution in [0.25, 0.3) is 0 Å². The number of hydrogen-bond donors (Lipinski definition) is 2. The Bertz CT molecular complexity index is 98.2. The van der Waals surface area contributed by atoms with Crippen LogP contribution in [0.4, 0.5) is 0 Å². The first-order chi connectivity index (χ1) is 2.56. The van der Waals surface area contributed by atoms with E-state index in [0.29, 0.717) is 0 Å². The van der Waals surface area contributed by atoms with Crippen LogP contribution < -0.4 is 18.9 Å². The second kappa shape index (κ2) is 3.42. The van der Waals surface area contributed by atoms with Gasteiger partial charge in [0.1, 0.15) is 0 Å². The van der Waals surface area contributed by atoms with E-state index in [0.717, 1.165) is 0 Å². The smallest absolute Gasteiger partial charge is 1.00 e. The van der Waals surface area contributed by atoms with Gasteiger partial charge in [0, 0.05) is 0 Å². The first-order valence-corrected chi connectivity index (χ1v) is 2.76. The van der Waals surface area contributed by atoms with Crippen LogP contribution in [0, 0.1) is 0 Å². The summed E-state index contributed by atoms with van der Waals surface area (Å²) in [5, 5.41) is 0. The first-order valence-electron chi connectivity index (χ1n) is 1.08. The van der Waals surface area contributed by atoms with Crippen molar-refractivity contribution in [3.8, 4) is 0 Å².